The van der Waals surface area contributed by atoms with Crippen LogP contribution in [0.3, 0.4) is 0 Å². The van der Waals surface area contributed by atoms with Crippen molar-refractivity contribution in [1.82, 2.24) is 34.5 Å². The van der Waals surface area contributed by atoms with E-state index >= 15 is 0 Å². The molecule has 3 aromatic rings. The van der Waals surface area contributed by atoms with Gasteiger partial charge in [0.2, 0.25) is 5.95 Å². The van der Waals surface area contributed by atoms with Gasteiger partial charge in [-0.1, -0.05) is 0 Å². The lowest BCUT2D eigenvalue weighted by molar-refractivity contribution is -0.138. The number of rotatable bonds is 5. The van der Waals surface area contributed by atoms with Gasteiger partial charge in [-0.05, 0) is 44.4 Å². The molecule has 0 amide bonds. The molecule has 0 aromatic carbocycles. The molecule has 1 N–H and O–H groups in total. The van der Waals surface area contributed by atoms with Crippen LogP contribution in [0.5, 0.6) is 0 Å². The van der Waals surface area contributed by atoms with Crippen molar-refractivity contribution in [2.24, 2.45) is 18.9 Å². The van der Waals surface area contributed by atoms with Crippen LogP contribution in [0.2, 0.25) is 0 Å². The maximum Gasteiger partial charge on any atom is 0.419 e. The monoisotopic (exact) mass is 444 g/mol. The van der Waals surface area contributed by atoms with Crippen LogP contribution in [0.1, 0.15) is 66.3 Å². The molecule has 32 heavy (non-hydrogen) atoms. The Balaban J connectivity index is 1.17. The molecule has 0 saturated heterocycles. The number of alkyl halides is 3. The molecule has 0 radical (unpaired) electrons. The van der Waals surface area contributed by atoms with Crippen LogP contribution in [-0.4, -0.2) is 34.5 Å². The highest BCUT2D eigenvalue weighted by molar-refractivity contribution is 5.55. The Kier molecular flexibility index (Phi) is 4.16. The molecular formula is C21H23F3N8. The predicted octanol–water partition coefficient (Wildman–Crippen LogP) is 4.11. The molecule has 3 saturated carbocycles. The zero-order valence-electron chi connectivity index (χ0n) is 17.7. The van der Waals surface area contributed by atoms with E-state index in [1.165, 1.54) is 0 Å². The normalized spacial score (nSPS) is 26.9. The summed E-state index contributed by atoms with van der Waals surface area (Å²) >= 11 is 0. The Morgan fingerprint density at radius 1 is 1.12 bits per heavy atom. The summed E-state index contributed by atoms with van der Waals surface area (Å²) < 4.78 is 43.7. The number of anilines is 2. The highest BCUT2D eigenvalue weighted by atomic mass is 19.4. The van der Waals surface area contributed by atoms with Crippen LogP contribution in [0.4, 0.5) is 24.8 Å². The minimum Gasteiger partial charge on any atom is -0.321 e. The quantitative estimate of drug-likeness (QED) is 0.637. The Morgan fingerprint density at radius 3 is 2.50 bits per heavy atom. The van der Waals surface area contributed by atoms with E-state index in [9.17, 15) is 13.2 Å². The van der Waals surface area contributed by atoms with E-state index in [2.05, 4.69) is 30.5 Å². The second-order valence-electron chi connectivity index (χ2n) is 9.22. The third-order valence-corrected chi connectivity index (χ3v) is 7.09. The molecule has 8 nitrogen and oxygen atoms in total. The molecule has 3 aliphatic carbocycles. The van der Waals surface area contributed by atoms with Gasteiger partial charge in [-0.25, -0.2) is 15.0 Å². The van der Waals surface area contributed by atoms with Crippen molar-refractivity contribution < 1.29 is 13.2 Å². The number of aryl methyl sites for hydroxylation is 2. The van der Waals surface area contributed by atoms with Gasteiger partial charge < -0.3 is 5.32 Å². The van der Waals surface area contributed by atoms with Gasteiger partial charge >= 0.3 is 6.18 Å². The number of fused-ring (bicyclic) bond motifs is 1. The summed E-state index contributed by atoms with van der Waals surface area (Å²) in [4.78, 5) is 12.5. The number of nitrogens with zero attached hydrogens (tertiary/aromatic N) is 7. The first-order valence-electron chi connectivity index (χ1n) is 10.9. The summed E-state index contributed by atoms with van der Waals surface area (Å²) in [5.41, 5.74) is 0.843. The largest absolute Gasteiger partial charge is 0.419 e. The van der Waals surface area contributed by atoms with Gasteiger partial charge in [0.15, 0.2) is 0 Å². The first-order chi connectivity index (χ1) is 15.3. The second kappa shape index (κ2) is 6.76. The van der Waals surface area contributed by atoms with Gasteiger partial charge in [0.25, 0.3) is 0 Å². The van der Waals surface area contributed by atoms with Crippen molar-refractivity contribution in [3.63, 3.8) is 0 Å². The number of nitrogens with one attached hydrogen (secondary N) is 1. The minimum atomic E-state index is -4.44. The van der Waals surface area contributed by atoms with Crippen molar-refractivity contribution in [1.29, 1.82) is 0 Å². The molecule has 1 unspecified atom stereocenters. The molecular weight excluding hydrogens is 421 g/mol. The summed E-state index contributed by atoms with van der Waals surface area (Å²) in [6, 6.07) is 0.305. The lowest BCUT2D eigenvalue weighted by Gasteiger charge is -2.14. The van der Waals surface area contributed by atoms with E-state index in [-0.39, 0.29) is 17.6 Å². The molecule has 11 heteroatoms. The summed E-state index contributed by atoms with van der Waals surface area (Å²) in [5, 5.41) is 11.9. The Hall–Kier alpha value is -2.98. The van der Waals surface area contributed by atoms with Gasteiger partial charge in [-0.3, -0.25) is 9.36 Å². The molecule has 168 valence electrons. The van der Waals surface area contributed by atoms with Gasteiger partial charge in [0.05, 0.1) is 28.7 Å². The zero-order valence-corrected chi connectivity index (χ0v) is 17.7. The van der Waals surface area contributed by atoms with Crippen molar-refractivity contribution in [3.05, 3.63) is 41.5 Å². The highest BCUT2D eigenvalue weighted by Crippen LogP contribution is 2.65. The average Bonchev–Trinajstić information content (AvgIpc) is 3.55. The number of halogens is 3. The molecule has 3 fully saturated rings. The maximum atomic E-state index is 13.3. The fraction of sp³-hybridized carbons (Fsp3) is 0.571. The van der Waals surface area contributed by atoms with E-state index in [1.54, 1.807) is 6.33 Å². The van der Waals surface area contributed by atoms with E-state index in [1.807, 2.05) is 29.5 Å². The molecule has 3 aliphatic rings. The van der Waals surface area contributed by atoms with Gasteiger partial charge in [-0.15, -0.1) is 0 Å². The summed E-state index contributed by atoms with van der Waals surface area (Å²) in [6.07, 6.45) is 3.50. The highest BCUT2D eigenvalue weighted by Gasteiger charge is 2.58. The lowest BCUT2D eigenvalue weighted by Crippen LogP contribution is -2.12. The van der Waals surface area contributed by atoms with Crippen LogP contribution in [0.15, 0.2) is 18.7 Å². The topological polar surface area (TPSA) is 86.3 Å². The zero-order chi connectivity index (χ0) is 22.2. The molecule has 0 aliphatic heterocycles. The maximum absolute atomic E-state index is 13.3. The van der Waals surface area contributed by atoms with E-state index in [0.717, 1.165) is 49.1 Å². The van der Waals surface area contributed by atoms with Crippen LogP contribution in [0, 0.1) is 18.8 Å². The van der Waals surface area contributed by atoms with Crippen molar-refractivity contribution in [2.45, 2.75) is 56.7 Å². The van der Waals surface area contributed by atoms with Crippen LogP contribution >= 0.6 is 0 Å². The summed E-state index contributed by atoms with van der Waals surface area (Å²) in [7, 11) is 1.93. The summed E-state index contributed by atoms with van der Waals surface area (Å²) in [6.45, 7) is 1.88. The van der Waals surface area contributed by atoms with Crippen LogP contribution < -0.4 is 5.32 Å². The molecule has 0 bridgehead atoms. The number of hydrogen-bond donors (Lipinski definition) is 1. The first-order valence-corrected chi connectivity index (χ1v) is 10.9. The van der Waals surface area contributed by atoms with Gasteiger partial charge in [0.1, 0.15) is 12.2 Å². The number of aromatic nitrogens is 7. The van der Waals surface area contributed by atoms with E-state index < -0.39 is 11.7 Å². The van der Waals surface area contributed by atoms with Crippen LogP contribution in [-0.2, 0) is 13.2 Å². The van der Waals surface area contributed by atoms with Crippen molar-refractivity contribution in [3.8, 4) is 0 Å². The first kappa shape index (κ1) is 19.7. The second-order valence-corrected chi connectivity index (χ2v) is 9.22. The Bertz CT molecular complexity index is 1170. The molecule has 4 atom stereocenters. The van der Waals surface area contributed by atoms with Crippen molar-refractivity contribution >= 4 is 11.6 Å². The minimum absolute atomic E-state index is 0.0886. The van der Waals surface area contributed by atoms with Crippen LogP contribution in [0.25, 0.3) is 0 Å². The lowest BCUT2D eigenvalue weighted by atomic mass is 10.1. The predicted molar refractivity (Wildman–Crippen MR) is 108 cm³/mol. The fourth-order valence-corrected chi connectivity index (χ4v) is 5.27. The molecule has 6 rings (SSSR count). The number of hydrogen-bond acceptors (Lipinski definition) is 6. The van der Waals surface area contributed by atoms with Gasteiger partial charge in [-0.2, -0.15) is 23.4 Å². The standard InChI is InChI=1S/C21H23F3N8/c1-10-16(28-20-25-7-15(21(22,23)24)18(29-20)11-3-4-11)8-32(30-10)12-5-13-14(6-12)17(13)19-26-9-27-31(19)2/h7-9,11-14,17H,3-6H2,1-2H3,(H,25,28,29)/t12-,13-,14+,17?. The molecule has 3 aromatic heterocycles. The SMILES string of the molecule is Cc1nn([C@H]2C[C@@H]3C(c4ncnn4C)[C@@H]3C2)cc1Nc1ncc(C(F)(F)F)c(C2CC2)n1. The average molecular weight is 444 g/mol. The van der Waals surface area contributed by atoms with E-state index in [4.69, 9.17) is 0 Å². The third-order valence-electron chi connectivity index (χ3n) is 7.09. The molecule has 0 spiro atoms. The van der Waals surface area contributed by atoms with Crippen molar-refractivity contribution in [2.75, 3.05) is 5.32 Å². The molecule has 3 heterocycles. The Labute approximate surface area is 182 Å². The summed E-state index contributed by atoms with van der Waals surface area (Å²) in [5.74, 6) is 2.79. The Morgan fingerprint density at radius 2 is 1.88 bits per heavy atom. The smallest absolute Gasteiger partial charge is 0.321 e. The van der Waals surface area contributed by atoms with Gasteiger partial charge in [0, 0.05) is 31.3 Å². The van der Waals surface area contributed by atoms with E-state index in [0.29, 0.717) is 23.8 Å². The fourth-order valence-electron chi connectivity index (χ4n) is 5.27. The third kappa shape index (κ3) is 3.25.